The van der Waals surface area contributed by atoms with Crippen molar-refractivity contribution in [3.05, 3.63) is 64.7 Å². The Bertz CT molecular complexity index is 1220. The maximum atomic E-state index is 14.0. The number of aryl methyl sites for hydroxylation is 1. The van der Waals surface area contributed by atoms with Crippen molar-refractivity contribution in [1.29, 1.82) is 0 Å². The zero-order valence-electron chi connectivity index (χ0n) is 19.1. The molecule has 2 amide bonds. The molecule has 2 aromatic rings. The number of fused-ring (bicyclic) bond motifs is 1. The number of aliphatic imine (C=N–C) groups is 2. The van der Waals surface area contributed by atoms with Crippen LogP contribution in [0.3, 0.4) is 0 Å². The van der Waals surface area contributed by atoms with Crippen molar-refractivity contribution >= 4 is 29.0 Å². The van der Waals surface area contributed by atoms with Crippen molar-refractivity contribution in [2.24, 2.45) is 15.9 Å². The van der Waals surface area contributed by atoms with E-state index in [1.165, 1.54) is 5.56 Å². The summed E-state index contributed by atoms with van der Waals surface area (Å²) in [7, 11) is 0. The first-order valence-corrected chi connectivity index (χ1v) is 12.0. The first-order valence-electron chi connectivity index (χ1n) is 12.0. The zero-order chi connectivity index (χ0) is 22.7. The van der Waals surface area contributed by atoms with E-state index in [0.717, 1.165) is 60.2 Å². The summed E-state index contributed by atoms with van der Waals surface area (Å²) in [6.45, 7) is 4.55. The molecule has 2 aromatic carbocycles. The van der Waals surface area contributed by atoms with Gasteiger partial charge in [0.05, 0.1) is 23.4 Å². The summed E-state index contributed by atoms with van der Waals surface area (Å²) < 4.78 is 0. The molecule has 3 heterocycles. The summed E-state index contributed by atoms with van der Waals surface area (Å²) in [4.78, 5) is 41.0. The maximum absolute atomic E-state index is 14.0. The van der Waals surface area contributed by atoms with Crippen LogP contribution in [0.5, 0.6) is 0 Å². The normalized spacial score (nSPS) is 26.4. The second-order valence-corrected chi connectivity index (χ2v) is 9.62. The third-order valence-corrected chi connectivity index (χ3v) is 7.48. The molecule has 0 aromatic heterocycles. The topological polar surface area (TPSA) is 65.3 Å². The molecule has 0 bridgehead atoms. The molecule has 0 saturated heterocycles. The lowest BCUT2D eigenvalue weighted by Crippen LogP contribution is -2.57. The van der Waals surface area contributed by atoms with E-state index in [1.807, 2.05) is 42.2 Å². The molecule has 4 aliphatic rings. The molecule has 1 aliphatic carbocycles. The van der Waals surface area contributed by atoms with Crippen LogP contribution < -0.4 is 4.90 Å². The van der Waals surface area contributed by atoms with Gasteiger partial charge in [0.2, 0.25) is 12.1 Å². The van der Waals surface area contributed by atoms with E-state index in [-0.39, 0.29) is 23.8 Å². The number of benzene rings is 2. The lowest BCUT2D eigenvalue weighted by atomic mass is 9.82. The van der Waals surface area contributed by atoms with Gasteiger partial charge in [-0.2, -0.15) is 0 Å². The highest BCUT2D eigenvalue weighted by Gasteiger charge is 2.46. The molecule has 1 saturated carbocycles. The molecule has 6 heteroatoms. The second-order valence-electron chi connectivity index (χ2n) is 9.62. The Morgan fingerprint density at radius 3 is 2.55 bits per heavy atom. The van der Waals surface area contributed by atoms with Crippen LogP contribution in [0.15, 0.2) is 52.4 Å². The third kappa shape index (κ3) is 3.15. The second kappa shape index (κ2) is 7.65. The van der Waals surface area contributed by atoms with Crippen molar-refractivity contribution in [2.45, 2.75) is 58.2 Å². The number of rotatable bonds is 2. The molecule has 2 unspecified atom stereocenters. The number of hydrogen-bond donors (Lipinski definition) is 0. The van der Waals surface area contributed by atoms with E-state index in [2.05, 4.69) is 19.1 Å². The molecule has 0 N–H and O–H groups in total. The van der Waals surface area contributed by atoms with Gasteiger partial charge in [-0.25, -0.2) is 4.99 Å². The van der Waals surface area contributed by atoms with E-state index < -0.39 is 6.17 Å². The van der Waals surface area contributed by atoms with Gasteiger partial charge in [0, 0.05) is 17.7 Å². The highest BCUT2D eigenvalue weighted by atomic mass is 16.2. The lowest BCUT2D eigenvalue weighted by Gasteiger charge is -2.40. The van der Waals surface area contributed by atoms with Crippen molar-refractivity contribution < 1.29 is 9.59 Å². The highest BCUT2D eigenvalue weighted by Crippen LogP contribution is 2.39. The predicted molar refractivity (Wildman–Crippen MR) is 129 cm³/mol. The van der Waals surface area contributed by atoms with Gasteiger partial charge in [-0.15, -0.1) is 0 Å². The molecule has 0 radical (unpaired) electrons. The van der Waals surface area contributed by atoms with E-state index in [0.29, 0.717) is 12.4 Å². The molecule has 0 spiro atoms. The lowest BCUT2D eigenvalue weighted by molar-refractivity contribution is -0.140. The smallest absolute Gasteiger partial charge is 0.272 e. The fraction of sp³-hybridized carbons (Fsp3) is 0.407. The summed E-state index contributed by atoms with van der Waals surface area (Å²) >= 11 is 0. The average molecular weight is 441 g/mol. The average Bonchev–Trinajstić information content (AvgIpc) is 3.20. The van der Waals surface area contributed by atoms with Crippen molar-refractivity contribution in [3.63, 3.8) is 0 Å². The Labute approximate surface area is 194 Å². The number of nitrogens with zero attached hydrogens (tertiary/aromatic N) is 4. The quantitative estimate of drug-likeness (QED) is 0.711. The number of carbonyl (C=O) groups is 2. The van der Waals surface area contributed by atoms with Gasteiger partial charge in [0.25, 0.3) is 5.91 Å². The maximum Gasteiger partial charge on any atom is 0.272 e. The summed E-state index contributed by atoms with van der Waals surface area (Å²) in [5, 5.41) is 0. The van der Waals surface area contributed by atoms with Crippen molar-refractivity contribution in [3.8, 4) is 0 Å². The van der Waals surface area contributed by atoms with Gasteiger partial charge in [0.15, 0.2) is 0 Å². The minimum atomic E-state index is -0.932. The third-order valence-electron chi connectivity index (χ3n) is 7.48. The Kier molecular flexibility index (Phi) is 4.71. The number of anilines is 1. The van der Waals surface area contributed by atoms with E-state index >= 15 is 0 Å². The number of amidine groups is 1. The van der Waals surface area contributed by atoms with E-state index in [4.69, 9.17) is 9.98 Å². The zero-order valence-corrected chi connectivity index (χ0v) is 19.1. The fourth-order valence-corrected chi connectivity index (χ4v) is 5.98. The number of amides is 2. The largest absolute Gasteiger partial charge is 0.308 e. The first-order chi connectivity index (χ1) is 16.0. The summed E-state index contributed by atoms with van der Waals surface area (Å²) in [6, 6.07) is 14.3. The Balaban J connectivity index is 1.54. The molecular formula is C27H28N4O2. The molecule has 6 rings (SSSR count). The molecule has 168 valence electrons. The molecule has 6 nitrogen and oxygen atoms in total. The Hall–Kier alpha value is -3.28. The molecule has 1 fully saturated rings. The van der Waals surface area contributed by atoms with Crippen LogP contribution in [0.2, 0.25) is 0 Å². The van der Waals surface area contributed by atoms with Gasteiger partial charge >= 0.3 is 0 Å². The Morgan fingerprint density at radius 1 is 0.939 bits per heavy atom. The van der Waals surface area contributed by atoms with Gasteiger partial charge < -0.3 is 4.90 Å². The van der Waals surface area contributed by atoms with Crippen LogP contribution in [0.1, 0.15) is 54.9 Å². The van der Waals surface area contributed by atoms with Crippen LogP contribution in [0.25, 0.3) is 0 Å². The predicted octanol–water partition coefficient (Wildman–Crippen LogP) is 3.88. The van der Waals surface area contributed by atoms with Crippen LogP contribution >= 0.6 is 0 Å². The summed E-state index contributed by atoms with van der Waals surface area (Å²) in [6.07, 6.45) is 3.80. The van der Waals surface area contributed by atoms with Crippen LogP contribution in [-0.2, 0) is 16.0 Å². The molecular weight excluding hydrogens is 412 g/mol. The van der Waals surface area contributed by atoms with Crippen LogP contribution in [0.4, 0.5) is 5.69 Å². The highest BCUT2D eigenvalue weighted by molar-refractivity contribution is 6.22. The standard InChI is InChI=1S/C27H28N4O2/c1-16-14-19-12-13-30-24(19)21(15-16)23(18-8-4-3-5-9-18)29-25(27(30)33)31-17(2)28-22-11-7-6-10-20(22)26(31)32/h3-5,8-9,14-15,20,22,25H,6-7,10-13H2,1-2H3/t20?,22?,25-/m0/s1. The van der Waals surface area contributed by atoms with Gasteiger partial charge in [0.1, 0.15) is 5.84 Å². The minimum absolute atomic E-state index is 0.00303. The Morgan fingerprint density at radius 2 is 1.73 bits per heavy atom. The van der Waals surface area contributed by atoms with Gasteiger partial charge in [-0.1, -0.05) is 54.8 Å². The molecule has 33 heavy (non-hydrogen) atoms. The summed E-state index contributed by atoms with van der Waals surface area (Å²) in [5.41, 5.74) is 5.96. The van der Waals surface area contributed by atoms with Gasteiger partial charge in [-0.05, 0) is 44.7 Å². The first kappa shape index (κ1) is 20.3. The van der Waals surface area contributed by atoms with Crippen molar-refractivity contribution in [1.82, 2.24) is 4.90 Å². The van der Waals surface area contributed by atoms with E-state index in [1.54, 1.807) is 4.90 Å². The SMILES string of the molecule is CC1=NC2CCCCC2C(=O)N1[C@@H]1N=C(c2ccccc2)c2cc(C)cc3c2N(CC3)C1=O. The van der Waals surface area contributed by atoms with Crippen LogP contribution in [0, 0.1) is 12.8 Å². The van der Waals surface area contributed by atoms with Gasteiger partial charge in [-0.3, -0.25) is 19.5 Å². The monoisotopic (exact) mass is 440 g/mol. The van der Waals surface area contributed by atoms with Crippen LogP contribution in [-0.4, -0.2) is 47.0 Å². The molecule has 3 aliphatic heterocycles. The van der Waals surface area contributed by atoms with E-state index in [9.17, 15) is 9.59 Å². The number of hydrogen-bond acceptors (Lipinski definition) is 4. The fourth-order valence-electron chi connectivity index (χ4n) is 5.98. The van der Waals surface area contributed by atoms with Crippen molar-refractivity contribution in [2.75, 3.05) is 11.4 Å². The number of carbonyl (C=O) groups excluding carboxylic acids is 2. The molecule has 3 atom stereocenters. The summed E-state index contributed by atoms with van der Waals surface area (Å²) in [5.74, 6) is 0.331. The minimum Gasteiger partial charge on any atom is -0.308 e.